The van der Waals surface area contributed by atoms with E-state index in [0.29, 0.717) is 18.8 Å². The first-order valence-electron chi connectivity index (χ1n) is 13.9. The number of amides is 3. The third-order valence-electron chi connectivity index (χ3n) is 8.72. The second kappa shape index (κ2) is 10.7. The lowest BCUT2D eigenvalue weighted by atomic mass is 9.80. The number of carbonyl (C=O) groups excluding carboxylic acids is 2. The molecule has 39 heavy (non-hydrogen) atoms. The molecule has 1 saturated heterocycles. The van der Waals surface area contributed by atoms with Crippen molar-refractivity contribution in [2.45, 2.75) is 50.2 Å². The van der Waals surface area contributed by atoms with Crippen LogP contribution in [0.15, 0.2) is 67.0 Å². The molecule has 5 atom stereocenters. The molecular weight excluding hydrogens is 492 g/mol. The minimum Gasteiger partial charge on any atom is -0.383 e. The second-order valence-electron chi connectivity index (χ2n) is 10.9. The minimum atomic E-state index is -0.529. The average Bonchev–Trinajstić information content (AvgIpc) is 3.65. The highest BCUT2D eigenvalue weighted by molar-refractivity contribution is 5.93. The fraction of sp³-hybridized carbons (Fsp3) is 0.433. The van der Waals surface area contributed by atoms with Gasteiger partial charge in [0.05, 0.1) is 36.3 Å². The van der Waals surface area contributed by atoms with E-state index >= 15 is 0 Å². The van der Waals surface area contributed by atoms with Gasteiger partial charge in [0, 0.05) is 43.3 Å². The molecule has 9 nitrogen and oxygen atoms in total. The van der Waals surface area contributed by atoms with E-state index in [-0.39, 0.29) is 35.9 Å². The number of likely N-dealkylation sites (tertiary alicyclic amines) is 1. The lowest BCUT2D eigenvalue weighted by Crippen LogP contribution is -2.54. The lowest BCUT2D eigenvalue weighted by Gasteiger charge is -2.43. The molecule has 3 aromatic rings. The summed E-state index contributed by atoms with van der Waals surface area (Å²) in [5.41, 5.74) is 9.81. The van der Waals surface area contributed by atoms with Gasteiger partial charge in [0.15, 0.2) is 0 Å². The SMILES string of the molecule is COC[C@@H]1Nc2ccccc2[C@H]2[C@@H]1CCN2C(=O)[C@H]1CCCC[C@H]1N(C(N)=O)c1ccc(-n2cccn2)cc1. The quantitative estimate of drug-likeness (QED) is 0.495. The molecule has 3 amide bonds. The zero-order chi connectivity index (χ0) is 26.9. The van der Waals surface area contributed by atoms with Crippen molar-refractivity contribution >= 4 is 23.3 Å². The van der Waals surface area contributed by atoms with Crippen LogP contribution in [0, 0.1) is 11.8 Å². The number of para-hydroxylation sites is 1. The highest BCUT2D eigenvalue weighted by Crippen LogP contribution is 2.47. The number of methoxy groups -OCH3 is 1. The third kappa shape index (κ3) is 4.65. The van der Waals surface area contributed by atoms with Crippen LogP contribution in [0.1, 0.15) is 43.7 Å². The van der Waals surface area contributed by atoms with Crippen LogP contribution in [0.3, 0.4) is 0 Å². The fourth-order valence-corrected chi connectivity index (χ4v) is 7.01. The summed E-state index contributed by atoms with van der Waals surface area (Å²) >= 11 is 0. The van der Waals surface area contributed by atoms with Crippen molar-refractivity contribution in [1.29, 1.82) is 0 Å². The Morgan fingerprint density at radius 2 is 1.87 bits per heavy atom. The molecule has 1 aromatic heterocycles. The number of fused-ring (bicyclic) bond motifs is 3. The zero-order valence-electron chi connectivity index (χ0n) is 22.3. The summed E-state index contributed by atoms with van der Waals surface area (Å²) < 4.78 is 7.31. The van der Waals surface area contributed by atoms with E-state index in [1.54, 1.807) is 22.9 Å². The van der Waals surface area contributed by atoms with Crippen LogP contribution in [0.4, 0.5) is 16.2 Å². The number of primary amides is 1. The van der Waals surface area contributed by atoms with Crippen LogP contribution in [0.5, 0.6) is 0 Å². The zero-order valence-corrected chi connectivity index (χ0v) is 22.3. The number of nitrogens with one attached hydrogen (secondary N) is 1. The maximum Gasteiger partial charge on any atom is 0.319 e. The summed E-state index contributed by atoms with van der Waals surface area (Å²) in [6.45, 7) is 1.29. The van der Waals surface area contributed by atoms with E-state index < -0.39 is 6.03 Å². The second-order valence-corrected chi connectivity index (χ2v) is 10.9. The number of rotatable bonds is 6. The highest BCUT2D eigenvalue weighted by Gasteiger charge is 2.49. The molecule has 9 heteroatoms. The van der Waals surface area contributed by atoms with Gasteiger partial charge in [0.1, 0.15) is 0 Å². The Hall–Kier alpha value is -3.85. The van der Waals surface area contributed by atoms with Gasteiger partial charge < -0.3 is 20.7 Å². The lowest BCUT2D eigenvalue weighted by molar-refractivity contribution is -0.138. The summed E-state index contributed by atoms with van der Waals surface area (Å²) in [5.74, 6) is 0.0890. The maximum atomic E-state index is 14.4. The molecule has 3 aliphatic rings. The standard InChI is InChI=1S/C30H36N6O3/c1-39-19-26-23-15-18-34(28(23)22-7-2-4-9-25(22)33-26)29(37)24-8-3-5-10-27(24)36(30(31)38)21-13-11-20(12-14-21)35-17-6-16-32-35/h2,4,6-7,9,11-14,16-17,23-24,26-28,33H,3,5,8,10,15,18-19H2,1H3,(H2,31,38)/t23-,24+,26+,27-,28+/m1/s1. The molecule has 0 spiro atoms. The smallest absolute Gasteiger partial charge is 0.319 e. The van der Waals surface area contributed by atoms with E-state index in [4.69, 9.17) is 10.5 Å². The van der Waals surface area contributed by atoms with Crippen molar-refractivity contribution < 1.29 is 14.3 Å². The van der Waals surface area contributed by atoms with Crippen LogP contribution in [0.2, 0.25) is 0 Å². The maximum absolute atomic E-state index is 14.4. The number of anilines is 2. The summed E-state index contributed by atoms with van der Waals surface area (Å²) in [4.78, 5) is 31.0. The van der Waals surface area contributed by atoms with Crippen LogP contribution in [0.25, 0.3) is 5.69 Å². The molecule has 204 valence electrons. The largest absolute Gasteiger partial charge is 0.383 e. The Kier molecular flexibility index (Phi) is 6.99. The summed E-state index contributed by atoms with van der Waals surface area (Å²) in [5, 5.41) is 7.93. The van der Waals surface area contributed by atoms with Gasteiger partial charge in [-0.1, -0.05) is 31.0 Å². The molecule has 0 unspecified atom stereocenters. The predicted octanol–water partition coefficient (Wildman–Crippen LogP) is 4.35. The number of urea groups is 1. The number of carbonyl (C=O) groups is 2. The number of nitrogens with two attached hydrogens (primary N) is 1. The Balaban J connectivity index is 1.29. The van der Waals surface area contributed by atoms with E-state index in [1.807, 2.05) is 48.7 Å². The molecule has 2 aromatic carbocycles. The fourth-order valence-electron chi connectivity index (χ4n) is 7.01. The van der Waals surface area contributed by atoms with E-state index in [9.17, 15) is 9.59 Å². The monoisotopic (exact) mass is 528 g/mol. The Bertz CT molecular complexity index is 1310. The van der Waals surface area contributed by atoms with Crippen molar-refractivity contribution in [3.63, 3.8) is 0 Å². The molecule has 0 bridgehead atoms. The minimum absolute atomic E-state index is 0.00643. The number of aromatic nitrogens is 2. The third-order valence-corrected chi connectivity index (χ3v) is 8.72. The summed E-state index contributed by atoms with van der Waals surface area (Å²) in [7, 11) is 1.72. The first-order chi connectivity index (χ1) is 19.1. The summed E-state index contributed by atoms with van der Waals surface area (Å²) in [6.07, 6.45) is 7.92. The molecule has 0 radical (unpaired) electrons. The number of ether oxygens (including phenoxy) is 1. The number of hydrogen-bond donors (Lipinski definition) is 2. The van der Waals surface area contributed by atoms with Gasteiger partial charge in [0.2, 0.25) is 5.91 Å². The topological polar surface area (TPSA) is 106 Å². The average molecular weight is 529 g/mol. The number of hydrogen-bond acceptors (Lipinski definition) is 5. The molecule has 1 saturated carbocycles. The van der Waals surface area contributed by atoms with Gasteiger partial charge in [-0.25, -0.2) is 9.48 Å². The number of benzene rings is 2. The van der Waals surface area contributed by atoms with Crippen LogP contribution < -0.4 is 16.0 Å². The first kappa shape index (κ1) is 25.4. The van der Waals surface area contributed by atoms with Crippen molar-refractivity contribution in [2.24, 2.45) is 17.6 Å². The molecule has 1 aliphatic carbocycles. The van der Waals surface area contributed by atoms with Crippen molar-refractivity contribution in [3.8, 4) is 5.69 Å². The Morgan fingerprint density at radius 3 is 2.62 bits per heavy atom. The Labute approximate surface area is 228 Å². The van der Waals surface area contributed by atoms with Gasteiger partial charge in [0.25, 0.3) is 0 Å². The van der Waals surface area contributed by atoms with Crippen molar-refractivity contribution in [3.05, 3.63) is 72.6 Å². The van der Waals surface area contributed by atoms with Gasteiger partial charge in [-0.2, -0.15) is 5.10 Å². The van der Waals surface area contributed by atoms with Crippen LogP contribution in [-0.4, -0.2) is 59.0 Å². The highest BCUT2D eigenvalue weighted by atomic mass is 16.5. The molecule has 2 aliphatic heterocycles. The van der Waals surface area contributed by atoms with Crippen molar-refractivity contribution in [1.82, 2.24) is 14.7 Å². The van der Waals surface area contributed by atoms with Crippen molar-refractivity contribution in [2.75, 3.05) is 30.5 Å². The molecule has 6 rings (SSSR count). The van der Waals surface area contributed by atoms with Gasteiger partial charge in [-0.15, -0.1) is 0 Å². The van der Waals surface area contributed by atoms with Crippen LogP contribution >= 0.6 is 0 Å². The van der Waals surface area contributed by atoms with Gasteiger partial charge in [-0.05, 0) is 61.2 Å². The number of nitrogens with zero attached hydrogens (tertiary/aromatic N) is 4. The first-order valence-corrected chi connectivity index (χ1v) is 13.9. The normalized spacial score (nSPS) is 25.9. The molecular formula is C30H36N6O3. The van der Waals surface area contributed by atoms with E-state index in [2.05, 4.69) is 27.4 Å². The molecule has 3 N–H and O–H groups in total. The van der Waals surface area contributed by atoms with Crippen LogP contribution in [-0.2, 0) is 9.53 Å². The van der Waals surface area contributed by atoms with E-state index in [0.717, 1.165) is 49.0 Å². The predicted molar refractivity (Wildman–Crippen MR) is 150 cm³/mol. The van der Waals surface area contributed by atoms with E-state index in [1.165, 1.54) is 0 Å². The summed E-state index contributed by atoms with van der Waals surface area (Å²) in [6, 6.07) is 17.1. The van der Waals surface area contributed by atoms with Gasteiger partial charge in [-0.3, -0.25) is 9.69 Å². The molecule has 3 heterocycles. The molecule has 2 fully saturated rings. The van der Waals surface area contributed by atoms with Gasteiger partial charge >= 0.3 is 6.03 Å². The Morgan fingerprint density at radius 1 is 1.08 bits per heavy atom.